The monoisotopic (exact) mass is 198 g/mol. The number of benzene rings is 1. The summed E-state index contributed by atoms with van der Waals surface area (Å²) in [6.07, 6.45) is 2.75. The maximum absolute atomic E-state index is 5.59. The van der Waals surface area contributed by atoms with Crippen LogP contribution in [0.2, 0.25) is 0 Å². The number of nitrogens with two attached hydrogens (primary N) is 1. The second-order valence-electron chi connectivity index (χ2n) is 3.53. The Morgan fingerprint density at radius 3 is 2.33 bits per heavy atom. The number of aromatic nitrogens is 1. The zero-order valence-corrected chi connectivity index (χ0v) is 8.77. The van der Waals surface area contributed by atoms with Crippen molar-refractivity contribution in [3.8, 4) is 11.3 Å². The van der Waals surface area contributed by atoms with Gasteiger partial charge in [-0.3, -0.25) is 4.98 Å². The molecule has 2 N–H and O–H groups in total. The van der Waals surface area contributed by atoms with Gasteiger partial charge in [-0.2, -0.15) is 0 Å². The Balaban J connectivity index is 2.33. The molecule has 0 radical (unpaired) electrons. The molecule has 0 saturated heterocycles. The fraction of sp³-hybridized carbons (Fsp3) is 0.154. The van der Waals surface area contributed by atoms with Crippen LogP contribution in [0.25, 0.3) is 11.3 Å². The van der Waals surface area contributed by atoms with Crippen molar-refractivity contribution >= 4 is 5.69 Å². The summed E-state index contributed by atoms with van der Waals surface area (Å²) in [5.41, 5.74) is 9.72. The quantitative estimate of drug-likeness (QED) is 0.805. The van der Waals surface area contributed by atoms with E-state index in [-0.39, 0.29) is 0 Å². The molecule has 0 amide bonds. The number of nitrogen functional groups attached to an aromatic ring is 1. The molecule has 1 aromatic carbocycles. The van der Waals surface area contributed by atoms with Crippen molar-refractivity contribution < 1.29 is 0 Å². The second-order valence-corrected chi connectivity index (χ2v) is 3.53. The molecule has 2 heteroatoms. The molecule has 0 aliphatic carbocycles. The number of rotatable bonds is 2. The van der Waals surface area contributed by atoms with Crippen LogP contribution in [0.3, 0.4) is 0 Å². The summed E-state index contributed by atoms with van der Waals surface area (Å²) in [7, 11) is 0. The lowest BCUT2D eigenvalue weighted by molar-refractivity contribution is 1.14. The van der Waals surface area contributed by atoms with Gasteiger partial charge in [0.2, 0.25) is 0 Å². The molecule has 1 heterocycles. The van der Waals surface area contributed by atoms with Crippen LogP contribution in [0.15, 0.2) is 42.6 Å². The second kappa shape index (κ2) is 4.13. The number of hydrogen-bond acceptors (Lipinski definition) is 2. The van der Waals surface area contributed by atoms with E-state index in [1.54, 1.807) is 6.20 Å². The van der Waals surface area contributed by atoms with E-state index in [9.17, 15) is 0 Å². The fourth-order valence-corrected chi connectivity index (χ4v) is 1.49. The summed E-state index contributed by atoms with van der Waals surface area (Å²) in [6, 6.07) is 12.3. The highest BCUT2D eigenvalue weighted by molar-refractivity contribution is 5.60. The standard InChI is InChI=1S/C13H14N2/c1-2-10-3-5-11(6-4-10)13-8-7-12(14)9-15-13/h3-9H,2,14H2,1H3. The summed E-state index contributed by atoms with van der Waals surface area (Å²) in [6.45, 7) is 2.15. The van der Waals surface area contributed by atoms with Crippen molar-refractivity contribution in [3.05, 3.63) is 48.2 Å². The Morgan fingerprint density at radius 1 is 1.07 bits per heavy atom. The molecule has 0 bridgehead atoms. The van der Waals surface area contributed by atoms with Gasteiger partial charge in [0.15, 0.2) is 0 Å². The zero-order chi connectivity index (χ0) is 10.7. The molecule has 0 unspecified atom stereocenters. The number of pyridine rings is 1. The minimum Gasteiger partial charge on any atom is -0.397 e. The molecule has 1 aromatic heterocycles. The first-order valence-electron chi connectivity index (χ1n) is 5.10. The molecule has 2 nitrogen and oxygen atoms in total. The fourth-order valence-electron chi connectivity index (χ4n) is 1.49. The van der Waals surface area contributed by atoms with Crippen molar-refractivity contribution in [3.63, 3.8) is 0 Å². The molecule has 2 aromatic rings. The highest BCUT2D eigenvalue weighted by Crippen LogP contribution is 2.18. The molecule has 0 aliphatic heterocycles. The lowest BCUT2D eigenvalue weighted by atomic mass is 10.1. The Kier molecular flexibility index (Phi) is 2.68. The van der Waals surface area contributed by atoms with E-state index >= 15 is 0 Å². The average Bonchev–Trinajstić information content (AvgIpc) is 2.30. The molecule has 0 atom stereocenters. The van der Waals surface area contributed by atoms with Crippen LogP contribution in [0, 0.1) is 0 Å². The van der Waals surface area contributed by atoms with Gasteiger partial charge in [-0.05, 0) is 24.1 Å². The van der Waals surface area contributed by atoms with E-state index in [1.165, 1.54) is 5.56 Å². The van der Waals surface area contributed by atoms with Gasteiger partial charge < -0.3 is 5.73 Å². The number of anilines is 1. The Hall–Kier alpha value is -1.83. The number of aryl methyl sites for hydroxylation is 1. The normalized spacial score (nSPS) is 10.2. The minimum atomic E-state index is 0.698. The van der Waals surface area contributed by atoms with E-state index in [1.807, 2.05) is 12.1 Å². The summed E-state index contributed by atoms with van der Waals surface area (Å²) >= 11 is 0. The largest absolute Gasteiger partial charge is 0.397 e. The predicted octanol–water partition coefficient (Wildman–Crippen LogP) is 2.89. The number of hydrogen-bond donors (Lipinski definition) is 1. The maximum Gasteiger partial charge on any atom is 0.0703 e. The number of nitrogens with zero attached hydrogens (tertiary/aromatic N) is 1. The minimum absolute atomic E-state index is 0.698. The predicted molar refractivity (Wildman–Crippen MR) is 63.5 cm³/mol. The van der Waals surface area contributed by atoms with Crippen molar-refractivity contribution in [2.45, 2.75) is 13.3 Å². The molecule has 76 valence electrons. The van der Waals surface area contributed by atoms with E-state index in [0.717, 1.165) is 17.7 Å². The van der Waals surface area contributed by atoms with E-state index < -0.39 is 0 Å². The van der Waals surface area contributed by atoms with Gasteiger partial charge in [-0.1, -0.05) is 31.2 Å². The van der Waals surface area contributed by atoms with Crippen LogP contribution in [0.1, 0.15) is 12.5 Å². The highest BCUT2D eigenvalue weighted by atomic mass is 14.7. The van der Waals surface area contributed by atoms with Crippen LogP contribution in [0.4, 0.5) is 5.69 Å². The van der Waals surface area contributed by atoms with Gasteiger partial charge in [0.05, 0.1) is 17.6 Å². The van der Waals surface area contributed by atoms with Crippen LogP contribution in [0.5, 0.6) is 0 Å². The smallest absolute Gasteiger partial charge is 0.0703 e. The molecule has 2 rings (SSSR count). The first-order valence-corrected chi connectivity index (χ1v) is 5.10. The third kappa shape index (κ3) is 2.15. The Bertz CT molecular complexity index is 429. The molecule has 0 fully saturated rings. The topological polar surface area (TPSA) is 38.9 Å². The Morgan fingerprint density at radius 2 is 1.80 bits per heavy atom. The van der Waals surface area contributed by atoms with Gasteiger partial charge in [-0.25, -0.2) is 0 Å². The van der Waals surface area contributed by atoms with E-state index in [2.05, 4.69) is 36.2 Å². The summed E-state index contributed by atoms with van der Waals surface area (Å²) < 4.78 is 0. The van der Waals surface area contributed by atoms with Crippen LogP contribution in [-0.2, 0) is 6.42 Å². The van der Waals surface area contributed by atoms with Crippen molar-refractivity contribution in [2.75, 3.05) is 5.73 Å². The van der Waals surface area contributed by atoms with Crippen LogP contribution < -0.4 is 5.73 Å². The van der Waals surface area contributed by atoms with Gasteiger partial charge in [-0.15, -0.1) is 0 Å². The summed E-state index contributed by atoms with van der Waals surface area (Å²) in [4.78, 5) is 4.28. The van der Waals surface area contributed by atoms with Crippen LogP contribution >= 0.6 is 0 Å². The first-order chi connectivity index (χ1) is 7.29. The highest BCUT2D eigenvalue weighted by Gasteiger charge is 1.98. The molecule has 0 saturated carbocycles. The molecule has 0 aliphatic rings. The summed E-state index contributed by atoms with van der Waals surface area (Å²) in [5, 5.41) is 0. The van der Waals surface area contributed by atoms with E-state index in [4.69, 9.17) is 5.73 Å². The molecular formula is C13H14N2. The van der Waals surface area contributed by atoms with Crippen molar-refractivity contribution in [1.29, 1.82) is 0 Å². The zero-order valence-electron chi connectivity index (χ0n) is 8.77. The average molecular weight is 198 g/mol. The molecule has 15 heavy (non-hydrogen) atoms. The van der Waals surface area contributed by atoms with Gasteiger partial charge >= 0.3 is 0 Å². The van der Waals surface area contributed by atoms with Gasteiger partial charge in [0.25, 0.3) is 0 Å². The van der Waals surface area contributed by atoms with Crippen LogP contribution in [-0.4, -0.2) is 4.98 Å². The third-order valence-corrected chi connectivity index (χ3v) is 2.44. The third-order valence-electron chi connectivity index (χ3n) is 2.44. The molecular weight excluding hydrogens is 184 g/mol. The first kappa shape index (κ1) is 9.71. The maximum atomic E-state index is 5.59. The Labute approximate surface area is 89.8 Å². The SMILES string of the molecule is CCc1ccc(-c2ccc(N)cn2)cc1. The lowest BCUT2D eigenvalue weighted by Gasteiger charge is -2.02. The van der Waals surface area contributed by atoms with Crippen molar-refractivity contribution in [1.82, 2.24) is 4.98 Å². The summed E-state index contributed by atoms with van der Waals surface area (Å²) in [5.74, 6) is 0. The lowest BCUT2D eigenvalue weighted by Crippen LogP contribution is -1.88. The molecule has 0 spiro atoms. The van der Waals surface area contributed by atoms with Gasteiger partial charge in [0.1, 0.15) is 0 Å². The van der Waals surface area contributed by atoms with E-state index in [0.29, 0.717) is 5.69 Å². The van der Waals surface area contributed by atoms with Crippen molar-refractivity contribution in [2.24, 2.45) is 0 Å². The van der Waals surface area contributed by atoms with Gasteiger partial charge in [0, 0.05) is 5.56 Å².